The lowest BCUT2D eigenvalue weighted by molar-refractivity contribution is 0.395. The van der Waals surface area contributed by atoms with Crippen LogP contribution < -0.4 is 13.8 Å². The maximum atomic E-state index is 12.8. The van der Waals surface area contributed by atoms with E-state index in [2.05, 4.69) is 0 Å². The third-order valence-corrected chi connectivity index (χ3v) is 5.97. The Morgan fingerprint density at radius 2 is 1.65 bits per heavy atom. The van der Waals surface area contributed by atoms with Crippen LogP contribution >= 0.6 is 11.8 Å². The van der Waals surface area contributed by atoms with Gasteiger partial charge in [-0.1, -0.05) is 0 Å². The first-order chi connectivity index (χ1) is 10.9. The number of hydrogen-bond donors (Lipinski definition) is 0. The number of thioether (sulfide) groups is 1. The quantitative estimate of drug-likeness (QED) is 0.746. The maximum absolute atomic E-state index is 12.8. The Balaban J connectivity index is 2.43. The lowest BCUT2D eigenvalue weighted by Gasteiger charge is -2.22. The molecule has 0 aromatic heterocycles. The summed E-state index contributed by atoms with van der Waals surface area (Å²) in [5.41, 5.74) is 0.447. The van der Waals surface area contributed by atoms with E-state index in [4.69, 9.17) is 9.47 Å². The van der Waals surface area contributed by atoms with E-state index >= 15 is 0 Å². The molecule has 2 aromatic rings. The Kier molecular flexibility index (Phi) is 5.43. The highest BCUT2D eigenvalue weighted by molar-refractivity contribution is 7.98. The van der Waals surface area contributed by atoms with E-state index < -0.39 is 10.0 Å². The fourth-order valence-electron chi connectivity index (χ4n) is 2.08. The number of sulfonamides is 1. The van der Waals surface area contributed by atoms with E-state index in [0.717, 1.165) is 4.90 Å². The van der Waals surface area contributed by atoms with Crippen molar-refractivity contribution < 1.29 is 17.9 Å². The summed E-state index contributed by atoms with van der Waals surface area (Å²) in [5, 5.41) is 0. The molecule has 0 aliphatic carbocycles. The molecule has 0 unspecified atom stereocenters. The summed E-state index contributed by atoms with van der Waals surface area (Å²) in [6, 6.07) is 11.8. The van der Waals surface area contributed by atoms with E-state index in [-0.39, 0.29) is 4.90 Å². The van der Waals surface area contributed by atoms with Gasteiger partial charge in [0, 0.05) is 18.0 Å². The first-order valence-electron chi connectivity index (χ1n) is 6.79. The van der Waals surface area contributed by atoms with E-state index in [1.165, 1.54) is 18.5 Å². The van der Waals surface area contributed by atoms with E-state index in [1.54, 1.807) is 61.3 Å². The molecule has 0 saturated heterocycles. The summed E-state index contributed by atoms with van der Waals surface area (Å²) in [6.45, 7) is 0. The molecule has 0 saturated carbocycles. The van der Waals surface area contributed by atoms with Crippen LogP contribution in [0.4, 0.5) is 5.69 Å². The van der Waals surface area contributed by atoms with Crippen LogP contribution in [0.15, 0.2) is 52.3 Å². The van der Waals surface area contributed by atoms with Crippen molar-refractivity contribution in [2.45, 2.75) is 9.79 Å². The predicted octanol–water partition coefficient (Wildman–Crippen LogP) is 3.25. The van der Waals surface area contributed by atoms with Crippen LogP contribution in [0, 0.1) is 0 Å². The number of hydrogen-bond acceptors (Lipinski definition) is 5. The van der Waals surface area contributed by atoms with Crippen LogP contribution in [0.2, 0.25) is 0 Å². The minimum Gasteiger partial charge on any atom is -0.497 e. The summed E-state index contributed by atoms with van der Waals surface area (Å²) in [4.78, 5) is 1.24. The number of ether oxygens (including phenoxy) is 2. The SMILES string of the molecule is COc1ccc(N(C)S(=O)(=O)c2ccc(SC)cc2)c(OC)c1. The van der Waals surface area contributed by atoms with E-state index in [9.17, 15) is 8.42 Å². The van der Waals surface area contributed by atoms with Crippen LogP contribution in [-0.4, -0.2) is 35.9 Å². The van der Waals surface area contributed by atoms with Gasteiger partial charge in [-0.2, -0.15) is 0 Å². The molecule has 0 N–H and O–H groups in total. The summed E-state index contributed by atoms with van der Waals surface area (Å²) < 4.78 is 37.2. The smallest absolute Gasteiger partial charge is 0.264 e. The first-order valence-corrected chi connectivity index (χ1v) is 9.45. The highest BCUT2D eigenvalue weighted by atomic mass is 32.2. The number of nitrogens with zero attached hydrogens (tertiary/aromatic N) is 1. The molecule has 0 spiro atoms. The van der Waals surface area contributed by atoms with Crippen molar-refractivity contribution in [3.8, 4) is 11.5 Å². The van der Waals surface area contributed by atoms with E-state index in [1.807, 2.05) is 6.26 Å². The van der Waals surface area contributed by atoms with Crippen LogP contribution in [-0.2, 0) is 10.0 Å². The molecule has 124 valence electrons. The average Bonchev–Trinajstić information content (AvgIpc) is 2.60. The molecular weight excluding hydrogens is 334 g/mol. The Morgan fingerprint density at radius 1 is 1.00 bits per heavy atom. The minimum absolute atomic E-state index is 0.232. The van der Waals surface area contributed by atoms with Crippen molar-refractivity contribution in [2.75, 3.05) is 31.8 Å². The van der Waals surface area contributed by atoms with Gasteiger partial charge in [0.2, 0.25) is 0 Å². The molecule has 0 heterocycles. The molecule has 0 aliphatic rings. The molecule has 0 aliphatic heterocycles. The van der Waals surface area contributed by atoms with Crippen LogP contribution in [0.3, 0.4) is 0 Å². The predicted molar refractivity (Wildman–Crippen MR) is 93.4 cm³/mol. The van der Waals surface area contributed by atoms with Gasteiger partial charge < -0.3 is 9.47 Å². The summed E-state index contributed by atoms with van der Waals surface area (Å²) in [6.07, 6.45) is 1.94. The van der Waals surface area contributed by atoms with Crippen molar-refractivity contribution in [3.63, 3.8) is 0 Å². The zero-order valence-electron chi connectivity index (χ0n) is 13.4. The van der Waals surface area contributed by atoms with Crippen molar-refractivity contribution in [3.05, 3.63) is 42.5 Å². The molecule has 0 amide bonds. The third kappa shape index (κ3) is 3.56. The van der Waals surface area contributed by atoms with Crippen LogP contribution in [0.25, 0.3) is 0 Å². The topological polar surface area (TPSA) is 55.8 Å². The lowest BCUT2D eigenvalue weighted by atomic mass is 10.3. The minimum atomic E-state index is -3.67. The Bertz CT molecular complexity index is 773. The van der Waals surface area contributed by atoms with Gasteiger partial charge in [0.1, 0.15) is 11.5 Å². The molecule has 23 heavy (non-hydrogen) atoms. The van der Waals surface area contributed by atoms with Gasteiger partial charge in [-0.25, -0.2) is 8.42 Å². The van der Waals surface area contributed by atoms with Crippen molar-refractivity contribution in [1.82, 2.24) is 0 Å². The number of rotatable bonds is 6. The molecular formula is C16H19NO4S2. The average molecular weight is 353 g/mol. The number of methoxy groups -OCH3 is 2. The first kappa shape index (κ1) is 17.5. The molecule has 0 radical (unpaired) electrons. The Morgan fingerprint density at radius 3 is 2.17 bits per heavy atom. The van der Waals surface area contributed by atoms with Gasteiger partial charge >= 0.3 is 0 Å². The van der Waals surface area contributed by atoms with Gasteiger partial charge in [0.05, 0.1) is 24.8 Å². The zero-order chi connectivity index (χ0) is 17.0. The lowest BCUT2D eigenvalue weighted by Crippen LogP contribution is -2.27. The largest absolute Gasteiger partial charge is 0.497 e. The maximum Gasteiger partial charge on any atom is 0.264 e. The second-order valence-corrected chi connectivity index (χ2v) is 7.53. The molecule has 2 aromatic carbocycles. The van der Waals surface area contributed by atoms with E-state index in [0.29, 0.717) is 17.2 Å². The van der Waals surface area contributed by atoms with Gasteiger partial charge in [-0.05, 0) is 42.7 Å². The summed E-state index contributed by atoms with van der Waals surface area (Å²) in [5.74, 6) is 1.02. The summed E-state index contributed by atoms with van der Waals surface area (Å²) >= 11 is 1.56. The number of anilines is 1. The second-order valence-electron chi connectivity index (χ2n) is 4.69. The molecule has 0 fully saturated rings. The molecule has 5 nitrogen and oxygen atoms in total. The van der Waals surface area contributed by atoms with Crippen molar-refractivity contribution in [2.24, 2.45) is 0 Å². The second kappa shape index (κ2) is 7.14. The van der Waals surface area contributed by atoms with Gasteiger partial charge in [-0.3, -0.25) is 4.31 Å². The molecule has 7 heteroatoms. The molecule has 2 rings (SSSR count). The highest BCUT2D eigenvalue weighted by Gasteiger charge is 2.24. The molecule has 0 atom stereocenters. The normalized spacial score (nSPS) is 11.1. The number of benzene rings is 2. The Labute approximate surface area is 141 Å². The zero-order valence-corrected chi connectivity index (χ0v) is 15.1. The monoisotopic (exact) mass is 353 g/mol. The van der Waals surface area contributed by atoms with Crippen LogP contribution in [0.5, 0.6) is 11.5 Å². The molecule has 0 bridgehead atoms. The highest BCUT2D eigenvalue weighted by Crippen LogP contribution is 2.34. The van der Waals surface area contributed by atoms with Crippen molar-refractivity contribution >= 4 is 27.5 Å². The fourth-order valence-corrected chi connectivity index (χ4v) is 3.69. The van der Waals surface area contributed by atoms with Gasteiger partial charge in [-0.15, -0.1) is 11.8 Å². The summed E-state index contributed by atoms with van der Waals surface area (Å²) in [7, 11) is 0.872. The van der Waals surface area contributed by atoms with Crippen LogP contribution in [0.1, 0.15) is 0 Å². The van der Waals surface area contributed by atoms with Gasteiger partial charge in [0.25, 0.3) is 10.0 Å². The third-order valence-electron chi connectivity index (χ3n) is 3.44. The van der Waals surface area contributed by atoms with Gasteiger partial charge in [0.15, 0.2) is 0 Å². The standard InChI is InChI=1S/C16H19NO4S2/c1-17(15-10-5-12(20-2)11-16(15)21-3)23(18,19)14-8-6-13(22-4)7-9-14/h5-11H,1-4H3. The fraction of sp³-hybridized carbons (Fsp3) is 0.250. The van der Waals surface area contributed by atoms with Crippen molar-refractivity contribution in [1.29, 1.82) is 0 Å². The Hall–Kier alpha value is -1.86.